The highest BCUT2D eigenvalue weighted by Crippen LogP contribution is 2.19. The molecule has 2 N–H and O–H groups in total. The van der Waals surface area contributed by atoms with Crippen LogP contribution in [0.4, 0.5) is 5.69 Å². The minimum Gasteiger partial charge on any atom is -0.497 e. The topological polar surface area (TPSA) is 145 Å². The van der Waals surface area contributed by atoms with E-state index in [4.69, 9.17) is 9.47 Å². The maximum absolute atomic E-state index is 12.2. The zero-order chi connectivity index (χ0) is 21.7. The van der Waals surface area contributed by atoms with Crippen LogP contribution in [0, 0.1) is 10.1 Å². The Bertz CT molecular complexity index is 1170. The number of methoxy groups -OCH3 is 1. The lowest BCUT2D eigenvalue weighted by Gasteiger charge is -2.05. The number of aromatic amines is 1. The Kier molecular flexibility index (Phi) is 5.87. The molecular weight excluding hydrogens is 394 g/mol. The van der Waals surface area contributed by atoms with Crippen LogP contribution in [-0.2, 0) is 0 Å². The van der Waals surface area contributed by atoms with E-state index in [0.29, 0.717) is 22.6 Å². The van der Waals surface area contributed by atoms with E-state index >= 15 is 0 Å². The first-order valence-corrected chi connectivity index (χ1v) is 8.49. The van der Waals surface area contributed by atoms with E-state index in [0.717, 1.165) is 0 Å². The minimum absolute atomic E-state index is 0.0573. The Morgan fingerprint density at radius 1 is 1.10 bits per heavy atom. The summed E-state index contributed by atoms with van der Waals surface area (Å²) in [4.78, 5) is 39.2. The SMILES string of the molecule is COc1ccc(C(=O)Oc2ccc(/C=C/c3nc(O)c([N+](=O)[O-])c(=O)[nH]3)cc2)cc1. The van der Waals surface area contributed by atoms with Crippen molar-refractivity contribution in [3.8, 4) is 17.4 Å². The van der Waals surface area contributed by atoms with Crippen LogP contribution in [0.15, 0.2) is 53.3 Å². The molecule has 0 aliphatic heterocycles. The fraction of sp³-hybridized carbons (Fsp3) is 0.0500. The first-order chi connectivity index (χ1) is 14.4. The van der Waals surface area contributed by atoms with Gasteiger partial charge in [-0.3, -0.25) is 14.9 Å². The van der Waals surface area contributed by atoms with Gasteiger partial charge in [0.05, 0.1) is 17.6 Å². The van der Waals surface area contributed by atoms with Crippen LogP contribution in [0.2, 0.25) is 0 Å². The van der Waals surface area contributed by atoms with E-state index < -0.39 is 28.0 Å². The first kappa shape index (κ1) is 20.3. The summed E-state index contributed by atoms with van der Waals surface area (Å²) >= 11 is 0. The number of aromatic nitrogens is 2. The van der Waals surface area contributed by atoms with Gasteiger partial charge < -0.3 is 19.6 Å². The molecule has 0 amide bonds. The molecule has 3 aromatic rings. The monoisotopic (exact) mass is 409 g/mol. The molecule has 0 spiro atoms. The van der Waals surface area contributed by atoms with E-state index in [1.165, 1.54) is 13.2 Å². The molecule has 0 unspecified atom stereocenters. The Morgan fingerprint density at radius 2 is 1.73 bits per heavy atom. The number of esters is 1. The van der Waals surface area contributed by atoms with Crippen molar-refractivity contribution in [1.29, 1.82) is 0 Å². The van der Waals surface area contributed by atoms with E-state index in [1.54, 1.807) is 54.6 Å². The summed E-state index contributed by atoms with van der Waals surface area (Å²) in [5.74, 6) is -0.598. The standard InChI is InChI=1S/C20H15N3O7/c1-29-14-9-5-13(6-10-14)20(26)30-15-7-2-12(3-8-15)4-11-16-21-18(24)17(23(27)28)19(25)22-16/h2-11H,1H3,(H2,21,22,24,25)/b11-4+. The number of carbonyl (C=O) groups excluding carboxylic acids is 1. The molecule has 0 saturated heterocycles. The molecule has 0 fully saturated rings. The molecule has 152 valence electrons. The molecule has 2 aromatic carbocycles. The summed E-state index contributed by atoms with van der Waals surface area (Å²) in [7, 11) is 1.53. The van der Waals surface area contributed by atoms with E-state index in [-0.39, 0.29) is 5.82 Å². The average molecular weight is 409 g/mol. The number of benzene rings is 2. The van der Waals surface area contributed by atoms with Crippen LogP contribution < -0.4 is 15.0 Å². The Hall–Kier alpha value is -4.47. The predicted octanol–water partition coefficient (Wildman–Crippen LogP) is 2.78. The number of rotatable bonds is 6. The second-order valence-electron chi connectivity index (χ2n) is 5.90. The average Bonchev–Trinajstić information content (AvgIpc) is 2.72. The molecule has 0 aliphatic rings. The Labute approximate surface area is 169 Å². The highest BCUT2D eigenvalue weighted by molar-refractivity contribution is 5.91. The third-order valence-corrected chi connectivity index (χ3v) is 3.93. The van der Waals surface area contributed by atoms with Gasteiger partial charge in [-0.15, -0.1) is 0 Å². The Balaban J connectivity index is 1.69. The molecule has 1 aromatic heterocycles. The number of hydrogen-bond donors (Lipinski definition) is 2. The number of carbonyl (C=O) groups is 1. The normalized spacial score (nSPS) is 10.7. The minimum atomic E-state index is -1.06. The van der Waals surface area contributed by atoms with E-state index in [9.17, 15) is 24.8 Å². The van der Waals surface area contributed by atoms with Crippen molar-refractivity contribution in [2.45, 2.75) is 0 Å². The fourth-order valence-corrected chi connectivity index (χ4v) is 2.43. The summed E-state index contributed by atoms with van der Waals surface area (Å²) < 4.78 is 10.3. The van der Waals surface area contributed by atoms with Gasteiger partial charge in [0.1, 0.15) is 17.3 Å². The van der Waals surface area contributed by atoms with Crippen LogP contribution >= 0.6 is 0 Å². The third kappa shape index (κ3) is 4.68. The number of H-pyrrole nitrogens is 1. The molecular formula is C20H15N3O7. The second-order valence-corrected chi connectivity index (χ2v) is 5.90. The van der Waals surface area contributed by atoms with Crippen LogP contribution in [0.1, 0.15) is 21.7 Å². The van der Waals surface area contributed by atoms with Crippen LogP contribution in [-0.4, -0.2) is 33.1 Å². The molecule has 0 atom stereocenters. The summed E-state index contributed by atoms with van der Waals surface area (Å²) in [5.41, 5.74) is -1.05. The molecule has 10 nitrogen and oxygen atoms in total. The van der Waals surface area contributed by atoms with Crippen molar-refractivity contribution >= 4 is 23.8 Å². The molecule has 0 aliphatic carbocycles. The largest absolute Gasteiger partial charge is 0.497 e. The van der Waals surface area contributed by atoms with Gasteiger partial charge in [0.25, 0.3) is 5.88 Å². The van der Waals surface area contributed by atoms with Gasteiger partial charge in [0.15, 0.2) is 0 Å². The van der Waals surface area contributed by atoms with Gasteiger partial charge in [-0.25, -0.2) is 4.79 Å². The van der Waals surface area contributed by atoms with Crippen molar-refractivity contribution in [3.05, 3.63) is 86.0 Å². The lowest BCUT2D eigenvalue weighted by atomic mass is 10.2. The zero-order valence-electron chi connectivity index (χ0n) is 15.6. The molecule has 10 heteroatoms. The van der Waals surface area contributed by atoms with Gasteiger partial charge in [0.2, 0.25) is 0 Å². The first-order valence-electron chi connectivity index (χ1n) is 8.49. The molecule has 1 heterocycles. The summed E-state index contributed by atoms with van der Waals surface area (Å²) in [5, 5.41) is 20.2. The maximum Gasteiger partial charge on any atom is 0.395 e. The van der Waals surface area contributed by atoms with Crippen LogP contribution in [0.3, 0.4) is 0 Å². The lowest BCUT2D eigenvalue weighted by Crippen LogP contribution is -2.14. The van der Waals surface area contributed by atoms with Gasteiger partial charge in [-0.1, -0.05) is 18.2 Å². The molecule has 0 saturated carbocycles. The third-order valence-electron chi connectivity index (χ3n) is 3.93. The summed E-state index contributed by atoms with van der Waals surface area (Å²) in [6, 6.07) is 12.9. The van der Waals surface area contributed by atoms with Crippen LogP contribution in [0.25, 0.3) is 12.2 Å². The second kappa shape index (κ2) is 8.69. The number of nitrogens with zero attached hydrogens (tertiary/aromatic N) is 2. The number of aromatic hydroxyl groups is 1. The van der Waals surface area contributed by atoms with Crippen molar-refractivity contribution in [2.75, 3.05) is 7.11 Å². The van der Waals surface area contributed by atoms with Gasteiger partial charge in [-0.2, -0.15) is 4.98 Å². The predicted molar refractivity (Wildman–Crippen MR) is 106 cm³/mol. The molecule has 30 heavy (non-hydrogen) atoms. The Morgan fingerprint density at radius 3 is 2.30 bits per heavy atom. The molecule has 0 radical (unpaired) electrons. The van der Waals surface area contributed by atoms with Crippen LogP contribution in [0.5, 0.6) is 17.4 Å². The van der Waals surface area contributed by atoms with Crippen molar-refractivity contribution < 1.29 is 24.3 Å². The number of hydrogen-bond acceptors (Lipinski definition) is 8. The van der Waals surface area contributed by atoms with E-state index in [2.05, 4.69) is 9.97 Å². The van der Waals surface area contributed by atoms with Gasteiger partial charge in [-0.05, 0) is 48.0 Å². The number of nitro groups is 1. The number of nitrogens with one attached hydrogen (secondary N) is 1. The van der Waals surface area contributed by atoms with Crippen molar-refractivity contribution in [3.63, 3.8) is 0 Å². The van der Waals surface area contributed by atoms with Crippen molar-refractivity contribution in [2.24, 2.45) is 0 Å². The fourth-order valence-electron chi connectivity index (χ4n) is 2.43. The number of ether oxygens (including phenoxy) is 2. The summed E-state index contributed by atoms with van der Waals surface area (Å²) in [6.07, 6.45) is 2.92. The zero-order valence-corrected chi connectivity index (χ0v) is 15.6. The highest BCUT2D eigenvalue weighted by Gasteiger charge is 2.21. The smallest absolute Gasteiger partial charge is 0.395 e. The lowest BCUT2D eigenvalue weighted by molar-refractivity contribution is -0.387. The van der Waals surface area contributed by atoms with Crippen molar-refractivity contribution in [1.82, 2.24) is 9.97 Å². The van der Waals surface area contributed by atoms with Gasteiger partial charge >= 0.3 is 17.2 Å². The maximum atomic E-state index is 12.2. The molecule has 0 bridgehead atoms. The summed E-state index contributed by atoms with van der Waals surface area (Å²) in [6.45, 7) is 0. The molecule has 3 rings (SSSR count). The highest BCUT2D eigenvalue weighted by atomic mass is 16.6. The van der Waals surface area contributed by atoms with E-state index in [1.807, 2.05) is 0 Å². The van der Waals surface area contributed by atoms with Gasteiger partial charge in [0, 0.05) is 0 Å². The quantitative estimate of drug-likeness (QED) is 0.274.